The monoisotopic (exact) mass is 402 g/mol. The molecule has 1 aliphatic heterocycles. The zero-order chi connectivity index (χ0) is 19.9. The van der Waals surface area contributed by atoms with Gasteiger partial charge in [-0.2, -0.15) is 9.40 Å². The molecular weight excluding hydrogens is 380 g/mol. The minimum Gasteiger partial charge on any atom is -0.383 e. The van der Waals surface area contributed by atoms with Gasteiger partial charge in [0.25, 0.3) is 0 Å². The number of imidazole rings is 1. The standard InChI is InChI=1S/C18H22N6O3S/c1-12-5-6-14(28(25,26)23-7-3-4-13(23)10-27-2)8-15(12)16-9-20-18-17(19)21-11-22-24(16)18/h5-6,8-9,11,13H,3-4,7,10H2,1-2H3,(H2,19,21,22). The predicted octanol–water partition coefficient (Wildman–Crippen LogP) is 1.48. The van der Waals surface area contributed by atoms with Crippen molar-refractivity contribution >= 4 is 21.5 Å². The maximum absolute atomic E-state index is 13.3. The van der Waals surface area contributed by atoms with Crippen LogP contribution in [-0.4, -0.2) is 58.6 Å². The van der Waals surface area contributed by atoms with Crippen molar-refractivity contribution < 1.29 is 13.2 Å². The topological polar surface area (TPSA) is 116 Å². The van der Waals surface area contributed by atoms with Crippen molar-refractivity contribution in [2.75, 3.05) is 26.0 Å². The second kappa shape index (κ2) is 7.12. The number of methoxy groups -OCH3 is 1. The molecule has 0 saturated carbocycles. The van der Waals surface area contributed by atoms with Crippen molar-refractivity contribution in [1.29, 1.82) is 0 Å². The van der Waals surface area contributed by atoms with Gasteiger partial charge in [-0.1, -0.05) is 6.07 Å². The SMILES string of the molecule is COCC1CCCN1S(=O)(=O)c1ccc(C)c(-c2cnc3c(N)ncnn23)c1. The van der Waals surface area contributed by atoms with Gasteiger partial charge < -0.3 is 10.5 Å². The zero-order valence-electron chi connectivity index (χ0n) is 15.7. The Morgan fingerprint density at radius 3 is 2.93 bits per heavy atom. The average Bonchev–Trinajstić information content (AvgIpc) is 3.30. The third-order valence-corrected chi connectivity index (χ3v) is 7.05. The summed E-state index contributed by atoms with van der Waals surface area (Å²) in [5, 5.41) is 4.21. The van der Waals surface area contributed by atoms with E-state index >= 15 is 0 Å². The molecule has 0 bridgehead atoms. The van der Waals surface area contributed by atoms with Crippen molar-refractivity contribution in [2.45, 2.75) is 30.7 Å². The van der Waals surface area contributed by atoms with Gasteiger partial charge in [0.05, 0.1) is 23.4 Å². The Kier molecular flexibility index (Phi) is 4.77. The van der Waals surface area contributed by atoms with Crippen LogP contribution in [-0.2, 0) is 14.8 Å². The molecule has 1 saturated heterocycles. The summed E-state index contributed by atoms with van der Waals surface area (Å²) >= 11 is 0. The maximum Gasteiger partial charge on any atom is 0.243 e. The molecule has 1 unspecified atom stereocenters. The number of nitrogens with zero attached hydrogens (tertiary/aromatic N) is 5. The Morgan fingerprint density at radius 1 is 1.32 bits per heavy atom. The van der Waals surface area contributed by atoms with Crippen LogP contribution in [0, 0.1) is 6.92 Å². The van der Waals surface area contributed by atoms with Gasteiger partial charge in [0.1, 0.15) is 6.33 Å². The minimum atomic E-state index is -3.64. The largest absolute Gasteiger partial charge is 0.383 e. The minimum absolute atomic E-state index is 0.136. The first-order valence-corrected chi connectivity index (χ1v) is 10.4. The summed E-state index contributed by atoms with van der Waals surface area (Å²) in [5.41, 5.74) is 8.60. The van der Waals surface area contributed by atoms with E-state index in [0.29, 0.717) is 24.5 Å². The Bertz CT molecular complexity index is 1130. The number of hydrogen-bond donors (Lipinski definition) is 1. The second-order valence-electron chi connectivity index (χ2n) is 6.87. The number of anilines is 1. The normalized spacial score (nSPS) is 18.1. The van der Waals surface area contributed by atoms with Crippen LogP contribution in [0.5, 0.6) is 0 Å². The third-order valence-electron chi connectivity index (χ3n) is 5.10. The molecule has 10 heteroatoms. The highest BCUT2D eigenvalue weighted by Gasteiger charge is 2.35. The Balaban J connectivity index is 1.80. The molecule has 0 radical (unpaired) electrons. The third kappa shape index (κ3) is 3.03. The fraction of sp³-hybridized carbons (Fsp3) is 0.389. The summed E-state index contributed by atoms with van der Waals surface area (Å²) in [6.07, 6.45) is 4.61. The number of nitrogen functional groups attached to an aromatic ring is 1. The number of sulfonamides is 1. The fourth-order valence-corrected chi connectivity index (χ4v) is 5.38. The Hall–Kier alpha value is -2.56. The molecular formula is C18H22N6O3S. The summed E-state index contributed by atoms with van der Waals surface area (Å²) in [6, 6.07) is 4.98. The van der Waals surface area contributed by atoms with Gasteiger partial charge in [-0.25, -0.2) is 22.9 Å². The molecule has 148 valence electrons. The molecule has 1 aromatic carbocycles. The molecule has 1 atom stereocenters. The summed E-state index contributed by atoms with van der Waals surface area (Å²) in [5.74, 6) is 0.266. The van der Waals surface area contributed by atoms with E-state index in [-0.39, 0.29) is 16.8 Å². The van der Waals surface area contributed by atoms with Gasteiger partial charge in [-0.3, -0.25) is 0 Å². The van der Waals surface area contributed by atoms with Gasteiger partial charge in [0.2, 0.25) is 10.0 Å². The van der Waals surface area contributed by atoms with Crippen LogP contribution in [0.15, 0.2) is 35.6 Å². The summed E-state index contributed by atoms with van der Waals surface area (Å²) < 4.78 is 34.9. The first kappa shape index (κ1) is 18.8. The molecule has 4 rings (SSSR count). The predicted molar refractivity (Wildman–Crippen MR) is 104 cm³/mol. The van der Waals surface area contributed by atoms with Crippen LogP contribution in [0.2, 0.25) is 0 Å². The smallest absolute Gasteiger partial charge is 0.243 e. The van der Waals surface area contributed by atoms with Crippen molar-refractivity contribution in [1.82, 2.24) is 23.9 Å². The van der Waals surface area contributed by atoms with Crippen molar-refractivity contribution in [3.63, 3.8) is 0 Å². The van der Waals surface area contributed by atoms with Crippen LogP contribution in [0.25, 0.3) is 16.9 Å². The van der Waals surface area contributed by atoms with E-state index in [2.05, 4.69) is 15.1 Å². The van der Waals surface area contributed by atoms with E-state index < -0.39 is 10.0 Å². The van der Waals surface area contributed by atoms with Gasteiger partial charge in [0, 0.05) is 25.3 Å². The molecule has 28 heavy (non-hydrogen) atoms. The number of ether oxygens (including phenoxy) is 1. The van der Waals surface area contributed by atoms with Crippen molar-refractivity contribution in [3.8, 4) is 11.3 Å². The molecule has 3 heterocycles. The first-order valence-electron chi connectivity index (χ1n) is 8.99. The summed E-state index contributed by atoms with van der Waals surface area (Å²) in [7, 11) is -2.05. The van der Waals surface area contributed by atoms with Crippen molar-refractivity contribution in [3.05, 3.63) is 36.3 Å². The lowest BCUT2D eigenvalue weighted by Gasteiger charge is -2.24. The van der Waals surface area contributed by atoms with Crippen LogP contribution in [0.4, 0.5) is 5.82 Å². The lowest BCUT2D eigenvalue weighted by molar-refractivity contribution is 0.149. The molecule has 0 amide bonds. The molecule has 1 aliphatic rings. The molecule has 9 nitrogen and oxygen atoms in total. The second-order valence-corrected chi connectivity index (χ2v) is 8.76. The van der Waals surface area contributed by atoms with Gasteiger partial charge in [-0.15, -0.1) is 0 Å². The van der Waals surface area contributed by atoms with E-state index in [1.807, 2.05) is 6.92 Å². The van der Waals surface area contributed by atoms with E-state index in [0.717, 1.165) is 24.0 Å². The number of fused-ring (bicyclic) bond motifs is 1. The summed E-state index contributed by atoms with van der Waals surface area (Å²) in [4.78, 5) is 8.46. The van der Waals surface area contributed by atoms with E-state index in [9.17, 15) is 8.42 Å². The highest BCUT2D eigenvalue weighted by Crippen LogP contribution is 2.31. The van der Waals surface area contributed by atoms with E-state index in [1.165, 1.54) is 6.33 Å². The number of benzene rings is 1. The van der Waals surface area contributed by atoms with Crippen LogP contribution in [0.1, 0.15) is 18.4 Å². The molecule has 2 N–H and O–H groups in total. The Labute approximate surface area is 163 Å². The summed E-state index contributed by atoms with van der Waals surface area (Å²) in [6.45, 7) is 2.81. The molecule has 1 fully saturated rings. The maximum atomic E-state index is 13.3. The number of aromatic nitrogens is 4. The lowest BCUT2D eigenvalue weighted by atomic mass is 10.1. The number of nitrogens with two attached hydrogens (primary N) is 1. The van der Waals surface area contributed by atoms with Crippen LogP contribution < -0.4 is 5.73 Å². The molecule has 0 spiro atoms. The highest BCUT2D eigenvalue weighted by molar-refractivity contribution is 7.89. The fourth-order valence-electron chi connectivity index (χ4n) is 3.68. The van der Waals surface area contributed by atoms with Crippen LogP contribution in [0.3, 0.4) is 0 Å². The van der Waals surface area contributed by atoms with Crippen LogP contribution >= 0.6 is 0 Å². The average molecular weight is 402 g/mol. The van der Waals surface area contributed by atoms with Crippen molar-refractivity contribution in [2.24, 2.45) is 0 Å². The molecule has 3 aromatic rings. The highest BCUT2D eigenvalue weighted by atomic mass is 32.2. The Morgan fingerprint density at radius 2 is 2.14 bits per heavy atom. The molecule has 0 aliphatic carbocycles. The lowest BCUT2D eigenvalue weighted by Crippen LogP contribution is -2.38. The van der Waals surface area contributed by atoms with E-state index in [4.69, 9.17) is 10.5 Å². The van der Waals surface area contributed by atoms with E-state index in [1.54, 1.807) is 40.3 Å². The quantitative estimate of drug-likeness (QED) is 0.687. The zero-order valence-corrected chi connectivity index (χ0v) is 16.6. The van der Waals surface area contributed by atoms with Gasteiger partial charge >= 0.3 is 0 Å². The number of rotatable bonds is 5. The number of aryl methyl sites for hydroxylation is 1. The number of hydrogen-bond acceptors (Lipinski definition) is 7. The first-order chi connectivity index (χ1) is 13.4. The van der Waals surface area contributed by atoms with Gasteiger partial charge in [-0.05, 0) is 37.5 Å². The molecule has 2 aromatic heterocycles. The van der Waals surface area contributed by atoms with Gasteiger partial charge in [0.15, 0.2) is 11.5 Å².